The second-order valence-corrected chi connectivity index (χ2v) is 17.3. The number of aromatic nitrogens is 2. The number of nitrogens with zero attached hydrogens (tertiary/aromatic N) is 2. The van der Waals surface area contributed by atoms with E-state index >= 15 is 0 Å². The number of benzene rings is 6. The highest BCUT2D eigenvalue weighted by molar-refractivity contribution is 9.10. The second kappa shape index (κ2) is 23.3. The Kier molecular flexibility index (Phi) is 16.9. The third kappa shape index (κ3) is 12.9. The molecule has 8 aromatic rings. The minimum Gasteiger partial charge on any atom is -0.488 e. The van der Waals surface area contributed by atoms with Gasteiger partial charge in [-0.2, -0.15) is 17.6 Å². The molecule has 8 rings (SSSR count). The van der Waals surface area contributed by atoms with Crippen molar-refractivity contribution >= 4 is 43.8 Å². The summed E-state index contributed by atoms with van der Waals surface area (Å²) in [5.74, 6) is -0.0487. The summed E-state index contributed by atoms with van der Waals surface area (Å²) in [4.78, 5) is 23.8. The highest BCUT2D eigenvalue weighted by Crippen LogP contribution is 2.38. The van der Waals surface area contributed by atoms with Gasteiger partial charge < -0.3 is 37.9 Å². The molecule has 0 radical (unpaired) electrons. The van der Waals surface area contributed by atoms with Crippen molar-refractivity contribution in [2.24, 2.45) is 0 Å². The largest absolute Gasteiger partial charge is 0.488 e. The fourth-order valence-corrected chi connectivity index (χ4v) is 8.27. The van der Waals surface area contributed by atoms with Gasteiger partial charge in [-0.15, -0.1) is 0 Å². The molecule has 1 N–H and O–H groups in total. The molecule has 0 saturated heterocycles. The Balaban J connectivity index is 0.000000207. The third-order valence-corrected chi connectivity index (χ3v) is 11.6. The SMILES string of the molecule is CCOC(=O)c1cccc(-n2c(C)ccc2-c2cc(Br)ccc2OCc2cccc(OC(F)F)c2)c1.Cc1ccc(-c2cc(Br)ccc2OCc2cccc(OC(F)F)c2)n1-c1cccc(C(=O)O)c1. The van der Waals surface area contributed by atoms with Crippen molar-refractivity contribution < 1.29 is 55.9 Å². The number of ether oxygens (including phenoxy) is 5. The summed E-state index contributed by atoms with van der Waals surface area (Å²) in [7, 11) is 0. The Hall–Kier alpha value is -7.30. The smallest absolute Gasteiger partial charge is 0.387 e. The maximum Gasteiger partial charge on any atom is 0.387 e. The third-order valence-electron chi connectivity index (χ3n) is 10.6. The van der Waals surface area contributed by atoms with Crippen molar-refractivity contribution in [2.45, 2.75) is 47.2 Å². The molecule has 0 aliphatic heterocycles. The number of aryl methyl sites for hydroxylation is 2. The zero-order valence-electron chi connectivity index (χ0n) is 37.8. The summed E-state index contributed by atoms with van der Waals surface area (Å²) in [6.07, 6.45) is 0. The van der Waals surface area contributed by atoms with Crippen LogP contribution >= 0.6 is 31.9 Å². The Morgan fingerprint density at radius 2 is 1.00 bits per heavy atom. The number of esters is 1. The number of carboxylic acid groups (broad SMARTS) is 1. The topological polar surface area (TPSA) is 110 Å². The first-order valence-electron chi connectivity index (χ1n) is 21.6. The first-order valence-corrected chi connectivity index (χ1v) is 23.2. The van der Waals surface area contributed by atoms with Crippen LogP contribution in [0.1, 0.15) is 50.2 Å². The lowest BCUT2D eigenvalue weighted by Crippen LogP contribution is -2.07. The van der Waals surface area contributed by atoms with E-state index in [0.29, 0.717) is 40.5 Å². The number of hydrogen-bond acceptors (Lipinski definition) is 7. The molecule has 0 aliphatic rings. The zero-order chi connectivity index (χ0) is 49.9. The van der Waals surface area contributed by atoms with Gasteiger partial charge in [-0.25, -0.2) is 9.59 Å². The van der Waals surface area contributed by atoms with Gasteiger partial charge in [-0.1, -0.05) is 68.3 Å². The van der Waals surface area contributed by atoms with E-state index < -0.39 is 19.2 Å². The van der Waals surface area contributed by atoms with E-state index in [1.54, 1.807) is 61.5 Å². The van der Waals surface area contributed by atoms with Gasteiger partial charge in [-0.3, -0.25) is 0 Å². The van der Waals surface area contributed by atoms with Crippen molar-refractivity contribution in [3.8, 4) is 56.9 Å². The van der Waals surface area contributed by atoms with Crippen molar-refractivity contribution in [1.29, 1.82) is 0 Å². The first-order chi connectivity index (χ1) is 33.7. The number of rotatable bonds is 17. The Morgan fingerprint density at radius 1 is 0.557 bits per heavy atom. The maximum absolute atomic E-state index is 12.6. The van der Waals surface area contributed by atoms with E-state index in [-0.39, 0.29) is 36.2 Å². The summed E-state index contributed by atoms with van der Waals surface area (Å²) < 4.78 is 82.3. The number of alkyl halides is 4. The summed E-state index contributed by atoms with van der Waals surface area (Å²) >= 11 is 7.05. The number of carboxylic acids is 1. The van der Waals surface area contributed by atoms with Crippen LogP contribution in [-0.2, 0) is 18.0 Å². The van der Waals surface area contributed by atoms with Gasteiger partial charge in [0.2, 0.25) is 0 Å². The van der Waals surface area contributed by atoms with Crippen molar-refractivity contribution in [3.05, 3.63) is 200 Å². The Bertz CT molecular complexity index is 3120. The van der Waals surface area contributed by atoms with Crippen LogP contribution in [0.2, 0.25) is 0 Å². The van der Waals surface area contributed by atoms with Gasteiger partial charge in [-0.05, 0) is 153 Å². The quantitative estimate of drug-likeness (QED) is 0.0709. The van der Waals surface area contributed by atoms with Gasteiger partial charge in [0.05, 0.1) is 29.1 Å². The summed E-state index contributed by atoms with van der Waals surface area (Å²) in [5, 5.41) is 9.40. The van der Waals surface area contributed by atoms with Crippen LogP contribution in [0.4, 0.5) is 17.6 Å². The molecule has 0 saturated carbocycles. The number of halogens is 6. The highest BCUT2D eigenvalue weighted by Gasteiger charge is 2.19. The van der Waals surface area contributed by atoms with Crippen LogP contribution in [0, 0.1) is 13.8 Å². The molecule has 70 heavy (non-hydrogen) atoms. The van der Waals surface area contributed by atoms with Crippen molar-refractivity contribution in [2.75, 3.05) is 6.61 Å². The number of aromatic carboxylic acids is 1. The molecule has 2 heterocycles. The van der Waals surface area contributed by atoms with Crippen LogP contribution in [0.5, 0.6) is 23.0 Å². The fourth-order valence-electron chi connectivity index (χ4n) is 7.55. The van der Waals surface area contributed by atoms with Gasteiger partial charge in [0.15, 0.2) is 0 Å². The summed E-state index contributed by atoms with van der Waals surface area (Å²) in [6, 6.07) is 45.9. The van der Waals surface area contributed by atoms with Gasteiger partial charge in [0.25, 0.3) is 0 Å². The first kappa shape index (κ1) is 50.6. The predicted octanol–water partition coefficient (Wildman–Crippen LogP) is 14.7. The van der Waals surface area contributed by atoms with E-state index in [0.717, 1.165) is 48.5 Å². The lowest BCUT2D eigenvalue weighted by Gasteiger charge is -2.17. The normalized spacial score (nSPS) is 11.0. The van der Waals surface area contributed by atoms with Gasteiger partial charge in [0.1, 0.15) is 36.2 Å². The lowest BCUT2D eigenvalue weighted by atomic mass is 10.1. The van der Waals surface area contributed by atoms with Gasteiger partial charge >= 0.3 is 25.2 Å². The maximum atomic E-state index is 12.6. The monoisotopic (exact) mass is 1080 g/mol. The molecule has 0 atom stereocenters. The van der Waals surface area contributed by atoms with Crippen LogP contribution in [0.25, 0.3) is 33.9 Å². The lowest BCUT2D eigenvalue weighted by molar-refractivity contribution is -0.0506. The molecule has 0 spiro atoms. The van der Waals surface area contributed by atoms with Crippen LogP contribution in [-0.4, -0.2) is 46.0 Å². The minimum atomic E-state index is -2.90. The second-order valence-electron chi connectivity index (χ2n) is 15.4. The van der Waals surface area contributed by atoms with E-state index in [9.17, 15) is 32.3 Å². The highest BCUT2D eigenvalue weighted by atomic mass is 79.9. The molecule has 0 aliphatic carbocycles. The van der Waals surface area contributed by atoms with Crippen molar-refractivity contribution in [3.63, 3.8) is 0 Å². The zero-order valence-corrected chi connectivity index (χ0v) is 40.9. The van der Waals surface area contributed by atoms with Gasteiger partial charge in [0, 0.05) is 42.8 Å². The van der Waals surface area contributed by atoms with Crippen molar-refractivity contribution in [1.82, 2.24) is 9.13 Å². The van der Waals surface area contributed by atoms with E-state index in [1.807, 2.05) is 102 Å². The summed E-state index contributed by atoms with van der Waals surface area (Å²) in [5.41, 5.74) is 8.68. The van der Waals surface area contributed by atoms with E-state index in [1.165, 1.54) is 24.3 Å². The number of carbonyl (C=O) groups is 2. The molecule has 6 aromatic carbocycles. The minimum absolute atomic E-state index is 0.0648. The fraction of sp³-hybridized carbons (Fsp3) is 0.148. The van der Waals surface area contributed by atoms with Crippen LogP contribution in [0.3, 0.4) is 0 Å². The standard InChI is InChI=1S/C28H24BrF2NO4.C26H20BrF2NO4/c1-3-34-27(33)20-7-5-8-22(15-20)32-18(2)10-12-25(32)24-16-21(29)11-13-26(24)35-17-19-6-4-9-23(14-19)36-28(30)31;1-16-8-10-23(30(16)20-6-3-5-18(13-20)25(31)32)22-14-19(27)9-11-24(22)33-15-17-4-2-7-21(12-17)34-26(28)29/h4-16,28H,3,17H2,1-2H3;2-14,26H,15H2,1H3,(H,31,32). The Labute approximate surface area is 417 Å². The molecule has 0 unspecified atom stereocenters. The average Bonchev–Trinajstić information content (AvgIpc) is 3.92. The van der Waals surface area contributed by atoms with Crippen LogP contribution in [0.15, 0.2) is 167 Å². The molecule has 0 amide bonds. The molecule has 16 heteroatoms. The molecule has 0 bridgehead atoms. The Morgan fingerprint density at radius 3 is 1.44 bits per heavy atom. The van der Waals surface area contributed by atoms with E-state index in [4.69, 9.17) is 14.2 Å². The summed E-state index contributed by atoms with van der Waals surface area (Å²) in [6.45, 7) is 0.496. The van der Waals surface area contributed by atoms with E-state index in [2.05, 4.69) is 41.3 Å². The molecule has 10 nitrogen and oxygen atoms in total. The molecule has 2 aromatic heterocycles. The number of hydrogen-bond donors (Lipinski definition) is 1. The molecule has 360 valence electrons. The van der Waals surface area contributed by atoms with Crippen LogP contribution < -0.4 is 18.9 Å². The molecule has 0 fully saturated rings. The molecular formula is C54H44Br2F4N2O8. The average molecular weight is 1080 g/mol. The number of carbonyl (C=O) groups excluding carboxylic acids is 1. The molecular weight excluding hydrogens is 1040 g/mol. The predicted molar refractivity (Wildman–Crippen MR) is 265 cm³/mol.